The van der Waals surface area contributed by atoms with Crippen LogP contribution >= 0.6 is 0 Å². The number of aryl methyl sites for hydroxylation is 1. The molecule has 1 nitrogen and oxygen atoms in total. The van der Waals surface area contributed by atoms with Gasteiger partial charge in [-0.15, -0.1) is 0 Å². The van der Waals surface area contributed by atoms with E-state index >= 15 is 0 Å². The third-order valence-corrected chi connectivity index (χ3v) is 7.33. The Hall–Kier alpha value is -0.980. The van der Waals surface area contributed by atoms with Crippen molar-refractivity contribution < 1.29 is 5.11 Å². The summed E-state index contributed by atoms with van der Waals surface area (Å²) in [5.74, 6) is 3.73. The Bertz CT molecular complexity index is 561. The van der Waals surface area contributed by atoms with Crippen molar-refractivity contribution in [1.82, 2.24) is 0 Å². The van der Waals surface area contributed by atoms with E-state index in [2.05, 4.69) is 33.8 Å². The lowest BCUT2D eigenvalue weighted by Gasteiger charge is -2.52. The van der Waals surface area contributed by atoms with Crippen molar-refractivity contribution in [3.05, 3.63) is 29.3 Å². The van der Waals surface area contributed by atoms with Crippen LogP contribution in [0.1, 0.15) is 89.7 Å². The molecule has 0 radical (unpaired) electrons. The molecule has 1 aromatic rings. The maximum absolute atomic E-state index is 9.83. The van der Waals surface area contributed by atoms with Gasteiger partial charge in [0, 0.05) is 0 Å². The second-order valence-electron chi connectivity index (χ2n) is 9.17. The summed E-state index contributed by atoms with van der Waals surface area (Å²) in [6.07, 6.45) is 10.7. The van der Waals surface area contributed by atoms with Crippen molar-refractivity contribution in [2.75, 3.05) is 0 Å². The summed E-state index contributed by atoms with van der Waals surface area (Å²) < 4.78 is 0. The highest BCUT2D eigenvalue weighted by atomic mass is 16.3. The molecule has 1 saturated carbocycles. The van der Waals surface area contributed by atoms with Gasteiger partial charge in [-0.2, -0.15) is 0 Å². The van der Waals surface area contributed by atoms with E-state index in [1.54, 1.807) is 5.56 Å². The maximum atomic E-state index is 9.83. The number of phenolic OH excluding ortho intramolecular Hbond substituents is 1. The van der Waals surface area contributed by atoms with E-state index < -0.39 is 0 Å². The summed E-state index contributed by atoms with van der Waals surface area (Å²) in [6.45, 7) is 9.68. The number of hydrogen-bond acceptors (Lipinski definition) is 1. The summed E-state index contributed by atoms with van der Waals surface area (Å²) >= 11 is 0. The predicted molar refractivity (Wildman–Crippen MR) is 102 cm³/mol. The first-order valence-corrected chi connectivity index (χ1v) is 10.3. The Kier molecular flexibility index (Phi) is 5.27. The fourth-order valence-electron chi connectivity index (χ4n) is 5.71. The molecule has 0 unspecified atom stereocenters. The molecule has 2 aliphatic rings. The lowest BCUT2D eigenvalue weighted by molar-refractivity contribution is 0.0201. The van der Waals surface area contributed by atoms with E-state index in [4.69, 9.17) is 0 Å². The molecular formula is C23H36O. The average molecular weight is 329 g/mol. The molecule has 1 N–H and O–H groups in total. The molecule has 0 aromatic heterocycles. The molecule has 134 valence electrons. The van der Waals surface area contributed by atoms with Gasteiger partial charge in [0.15, 0.2) is 0 Å². The van der Waals surface area contributed by atoms with Crippen molar-refractivity contribution in [2.45, 2.75) is 85.0 Å². The van der Waals surface area contributed by atoms with E-state index in [0.29, 0.717) is 11.2 Å². The maximum Gasteiger partial charge on any atom is 0.115 e. The van der Waals surface area contributed by atoms with Gasteiger partial charge in [-0.1, -0.05) is 53.0 Å². The third kappa shape index (κ3) is 3.37. The van der Waals surface area contributed by atoms with E-state index in [0.717, 1.165) is 30.1 Å². The standard InChI is InChI=1S/C23H36O/c1-5-23(4)14-13-20-19-12-10-18(24)15-17(19)9-11-21(20)22(23)8-6-7-16(2)3/h10,12,15-16,20-22,24H,5-9,11,13-14H2,1-4H3/t20-,21-,22+,23+/m1/s1. The lowest BCUT2D eigenvalue weighted by atomic mass is 9.53. The molecule has 0 amide bonds. The average Bonchev–Trinajstić information content (AvgIpc) is 2.56. The van der Waals surface area contributed by atoms with Gasteiger partial charge < -0.3 is 5.11 Å². The molecule has 0 heterocycles. The minimum Gasteiger partial charge on any atom is -0.508 e. The number of rotatable bonds is 5. The monoisotopic (exact) mass is 328 g/mol. The highest BCUT2D eigenvalue weighted by molar-refractivity contribution is 5.39. The van der Waals surface area contributed by atoms with Crippen LogP contribution in [0.3, 0.4) is 0 Å². The molecule has 1 fully saturated rings. The Balaban J connectivity index is 1.83. The predicted octanol–water partition coefficient (Wildman–Crippen LogP) is 6.69. The SMILES string of the molecule is CC[C@@]1(C)CC[C@@H]2c3ccc(O)cc3CC[C@H]2[C@@H]1CCCC(C)C. The topological polar surface area (TPSA) is 20.2 Å². The number of fused-ring (bicyclic) bond motifs is 3. The van der Waals surface area contributed by atoms with Gasteiger partial charge in [0.05, 0.1) is 0 Å². The Morgan fingerprint density at radius 1 is 1.25 bits per heavy atom. The Morgan fingerprint density at radius 2 is 2.04 bits per heavy atom. The fourth-order valence-corrected chi connectivity index (χ4v) is 5.71. The largest absolute Gasteiger partial charge is 0.508 e. The summed E-state index contributed by atoms with van der Waals surface area (Å²) in [5.41, 5.74) is 3.50. The number of benzene rings is 1. The first kappa shape index (κ1) is 17.8. The molecule has 2 aliphatic carbocycles. The van der Waals surface area contributed by atoms with Gasteiger partial charge >= 0.3 is 0 Å². The smallest absolute Gasteiger partial charge is 0.115 e. The van der Waals surface area contributed by atoms with E-state index in [1.165, 1.54) is 50.5 Å². The second-order valence-corrected chi connectivity index (χ2v) is 9.17. The van der Waals surface area contributed by atoms with Crippen molar-refractivity contribution >= 4 is 0 Å². The van der Waals surface area contributed by atoms with Crippen molar-refractivity contribution in [3.8, 4) is 5.75 Å². The van der Waals surface area contributed by atoms with Crippen molar-refractivity contribution in [1.29, 1.82) is 0 Å². The Labute approximate surface area is 148 Å². The van der Waals surface area contributed by atoms with Gasteiger partial charge in [-0.3, -0.25) is 0 Å². The van der Waals surface area contributed by atoms with Crippen LogP contribution in [0, 0.1) is 23.2 Å². The van der Waals surface area contributed by atoms with Gasteiger partial charge in [-0.05, 0) is 84.5 Å². The van der Waals surface area contributed by atoms with Gasteiger partial charge in [0.1, 0.15) is 5.75 Å². The number of aromatic hydroxyl groups is 1. The normalized spacial score (nSPS) is 32.5. The highest BCUT2D eigenvalue weighted by Gasteiger charge is 2.46. The van der Waals surface area contributed by atoms with Crippen LogP contribution in [0.2, 0.25) is 0 Å². The van der Waals surface area contributed by atoms with E-state index in [1.807, 2.05) is 12.1 Å². The summed E-state index contributed by atoms with van der Waals surface area (Å²) in [5, 5.41) is 9.83. The van der Waals surface area contributed by atoms with Gasteiger partial charge in [0.25, 0.3) is 0 Å². The minimum atomic E-state index is 0.440. The molecule has 1 heteroatoms. The molecule has 1 aromatic carbocycles. The molecule has 24 heavy (non-hydrogen) atoms. The van der Waals surface area contributed by atoms with Crippen LogP contribution < -0.4 is 0 Å². The van der Waals surface area contributed by atoms with Crippen LogP contribution in [0.15, 0.2) is 18.2 Å². The molecule has 0 saturated heterocycles. The third-order valence-electron chi connectivity index (χ3n) is 7.33. The van der Waals surface area contributed by atoms with Gasteiger partial charge in [0.2, 0.25) is 0 Å². The second kappa shape index (κ2) is 7.10. The zero-order valence-corrected chi connectivity index (χ0v) is 16.1. The first-order valence-electron chi connectivity index (χ1n) is 10.3. The van der Waals surface area contributed by atoms with E-state index in [9.17, 15) is 5.11 Å². The van der Waals surface area contributed by atoms with Crippen LogP contribution in [0.4, 0.5) is 0 Å². The molecular weight excluding hydrogens is 292 g/mol. The first-order chi connectivity index (χ1) is 11.4. The van der Waals surface area contributed by atoms with Gasteiger partial charge in [-0.25, -0.2) is 0 Å². The van der Waals surface area contributed by atoms with Crippen LogP contribution in [-0.2, 0) is 6.42 Å². The summed E-state index contributed by atoms with van der Waals surface area (Å²) in [6, 6.07) is 6.15. The summed E-state index contributed by atoms with van der Waals surface area (Å²) in [7, 11) is 0. The fraction of sp³-hybridized carbons (Fsp3) is 0.739. The molecule has 0 bridgehead atoms. The highest BCUT2D eigenvalue weighted by Crippen LogP contribution is 2.57. The summed E-state index contributed by atoms with van der Waals surface area (Å²) in [4.78, 5) is 0. The van der Waals surface area contributed by atoms with Crippen LogP contribution in [-0.4, -0.2) is 5.11 Å². The minimum absolute atomic E-state index is 0.440. The van der Waals surface area contributed by atoms with E-state index in [-0.39, 0.29) is 0 Å². The van der Waals surface area contributed by atoms with Crippen LogP contribution in [0.25, 0.3) is 0 Å². The zero-order chi connectivity index (χ0) is 17.3. The number of phenols is 1. The Morgan fingerprint density at radius 3 is 2.75 bits per heavy atom. The van der Waals surface area contributed by atoms with Crippen LogP contribution in [0.5, 0.6) is 5.75 Å². The number of hydrogen-bond donors (Lipinski definition) is 1. The molecule has 3 rings (SSSR count). The quantitative estimate of drug-likeness (QED) is 0.638. The van der Waals surface area contributed by atoms with Crippen molar-refractivity contribution in [2.24, 2.45) is 23.2 Å². The molecule has 4 atom stereocenters. The zero-order valence-electron chi connectivity index (χ0n) is 16.1. The molecule has 0 aliphatic heterocycles. The lowest BCUT2D eigenvalue weighted by Crippen LogP contribution is -2.42. The van der Waals surface area contributed by atoms with Crippen molar-refractivity contribution in [3.63, 3.8) is 0 Å². The molecule has 0 spiro atoms.